The predicted octanol–water partition coefficient (Wildman–Crippen LogP) is 3.79. The van der Waals surface area contributed by atoms with Crippen molar-refractivity contribution >= 4 is 28.9 Å². The molecule has 8 heteroatoms. The van der Waals surface area contributed by atoms with Crippen LogP contribution in [-0.2, 0) is 6.42 Å². The third-order valence-corrected chi connectivity index (χ3v) is 6.71. The number of primary amides is 1. The summed E-state index contributed by atoms with van der Waals surface area (Å²) >= 11 is 0. The van der Waals surface area contributed by atoms with Crippen molar-refractivity contribution in [2.75, 3.05) is 37.0 Å². The van der Waals surface area contributed by atoms with E-state index >= 15 is 0 Å². The average Bonchev–Trinajstić information content (AvgIpc) is 2.89. The fraction of sp³-hybridized carbons (Fsp3) is 0.286. The number of rotatable bonds is 6. The van der Waals surface area contributed by atoms with Gasteiger partial charge in [-0.05, 0) is 74.3 Å². The highest BCUT2D eigenvalue weighted by Crippen LogP contribution is 2.41. The molecular formula is C28H30N4O4. The molecule has 0 bridgehead atoms. The van der Waals surface area contributed by atoms with Crippen LogP contribution in [0.25, 0.3) is 0 Å². The molecule has 3 aromatic carbocycles. The number of hydrogen-bond donors (Lipinski definition) is 3. The Kier molecular flexibility index (Phi) is 6.52. The normalized spacial score (nSPS) is 16.3. The Hall–Kier alpha value is -4.04. The molecule has 0 saturated carbocycles. The van der Waals surface area contributed by atoms with Gasteiger partial charge in [0.15, 0.2) is 11.5 Å². The van der Waals surface area contributed by atoms with Gasteiger partial charge in [-0.2, -0.15) is 0 Å². The molecule has 3 aromatic rings. The monoisotopic (exact) mass is 486 g/mol. The number of para-hydroxylation sites is 1. The first-order valence-electron chi connectivity index (χ1n) is 12.1. The quantitative estimate of drug-likeness (QED) is 0.490. The lowest BCUT2D eigenvalue weighted by atomic mass is 9.91. The van der Waals surface area contributed by atoms with E-state index in [0.29, 0.717) is 41.5 Å². The summed E-state index contributed by atoms with van der Waals surface area (Å²) in [5.41, 5.74) is 11.3. The molecular weight excluding hydrogens is 456 g/mol. The van der Waals surface area contributed by atoms with Crippen LogP contribution in [0, 0.1) is 6.92 Å². The number of carbonyl (C=O) groups excluding carboxylic acids is 2. The van der Waals surface area contributed by atoms with Gasteiger partial charge in [0.1, 0.15) is 13.2 Å². The number of fused-ring (bicyclic) bond motifs is 2. The Bertz CT molecular complexity index is 1320. The fourth-order valence-electron chi connectivity index (χ4n) is 4.99. The Labute approximate surface area is 210 Å². The number of likely N-dealkylation sites (N-methyl/N-ethyl adjacent to an activating group) is 1. The van der Waals surface area contributed by atoms with Crippen LogP contribution in [0.5, 0.6) is 11.5 Å². The highest BCUT2D eigenvalue weighted by Gasteiger charge is 2.31. The maximum Gasteiger partial charge on any atom is 0.255 e. The van der Waals surface area contributed by atoms with Gasteiger partial charge >= 0.3 is 0 Å². The number of nitrogens with one attached hydrogen (secondary N) is 2. The van der Waals surface area contributed by atoms with E-state index in [1.54, 1.807) is 24.3 Å². The van der Waals surface area contributed by atoms with Gasteiger partial charge in [-0.15, -0.1) is 0 Å². The highest BCUT2D eigenvalue weighted by atomic mass is 16.6. The lowest BCUT2D eigenvalue weighted by Gasteiger charge is -2.41. The van der Waals surface area contributed by atoms with Crippen molar-refractivity contribution < 1.29 is 19.1 Å². The maximum atomic E-state index is 13.1. The number of nitrogens with two attached hydrogens (primary N) is 1. The van der Waals surface area contributed by atoms with Crippen molar-refractivity contribution in [3.05, 3.63) is 76.9 Å². The molecule has 4 N–H and O–H groups in total. The first kappa shape index (κ1) is 23.7. The highest BCUT2D eigenvalue weighted by molar-refractivity contribution is 6.05. The minimum Gasteiger partial charge on any atom is -0.486 e. The standard InChI is InChI=1S/C28H30N4O4/c1-17-6-9-20(31-28(34)19-8-11-24-25(14-19)36-13-12-35-24)15-23(17)32-21(16-30-2)10-7-18-4-3-5-22(26(18)32)27(29)33/h3-6,8-9,11,14-15,21,30H,7,10,12-13,16H2,1-2H3,(H2,29,33)(H,31,34). The minimum absolute atomic E-state index is 0.116. The van der Waals surface area contributed by atoms with Gasteiger partial charge in [-0.1, -0.05) is 18.2 Å². The minimum atomic E-state index is -0.456. The SMILES string of the molecule is CNCC1CCc2cccc(C(N)=O)c2N1c1cc(NC(=O)c2ccc3c(c2)OCCO3)ccc1C. The number of aryl methyl sites for hydroxylation is 2. The smallest absolute Gasteiger partial charge is 0.255 e. The molecule has 1 atom stereocenters. The summed E-state index contributed by atoms with van der Waals surface area (Å²) in [6.07, 6.45) is 1.78. The van der Waals surface area contributed by atoms with Crippen LogP contribution in [0.3, 0.4) is 0 Å². The number of anilines is 3. The summed E-state index contributed by atoms with van der Waals surface area (Å²) < 4.78 is 11.2. The lowest BCUT2D eigenvalue weighted by Crippen LogP contribution is -2.43. The summed E-state index contributed by atoms with van der Waals surface area (Å²) in [6.45, 7) is 3.72. The van der Waals surface area contributed by atoms with Gasteiger partial charge in [0.2, 0.25) is 0 Å². The molecule has 0 fully saturated rings. The summed E-state index contributed by atoms with van der Waals surface area (Å²) in [4.78, 5) is 27.7. The van der Waals surface area contributed by atoms with E-state index in [4.69, 9.17) is 15.2 Å². The Morgan fingerprint density at radius 3 is 2.64 bits per heavy atom. The van der Waals surface area contributed by atoms with E-state index in [0.717, 1.165) is 41.9 Å². The van der Waals surface area contributed by atoms with Crippen LogP contribution in [0.4, 0.5) is 17.1 Å². The first-order chi connectivity index (χ1) is 17.5. The molecule has 2 aliphatic heterocycles. The van der Waals surface area contributed by atoms with E-state index in [1.807, 2.05) is 44.3 Å². The van der Waals surface area contributed by atoms with Gasteiger partial charge in [-0.25, -0.2) is 0 Å². The summed E-state index contributed by atoms with van der Waals surface area (Å²) in [7, 11) is 1.92. The first-order valence-corrected chi connectivity index (χ1v) is 12.1. The Balaban J connectivity index is 1.51. The van der Waals surface area contributed by atoms with Crippen molar-refractivity contribution in [3.8, 4) is 11.5 Å². The number of amides is 2. The molecule has 2 amide bonds. The summed E-state index contributed by atoms with van der Waals surface area (Å²) in [5.74, 6) is 0.505. The second-order valence-corrected chi connectivity index (χ2v) is 9.11. The van der Waals surface area contributed by atoms with Crippen molar-refractivity contribution in [2.45, 2.75) is 25.8 Å². The zero-order valence-electron chi connectivity index (χ0n) is 20.5. The maximum absolute atomic E-state index is 13.1. The third-order valence-electron chi connectivity index (χ3n) is 6.71. The van der Waals surface area contributed by atoms with Crippen LogP contribution < -0.4 is 30.7 Å². The van der Waals surface area contributed by atoms with E-state index in [9.17, 15) is 9.59 Å². The van der Waals surface area contributed by atoms with Crippen molar-refractivity contribution in [3.63, 3.8) is 0 Å². The number of benzene rings is 3. The molecule has 0 spiro atoms. The number of nitrogens with zero attached hydrogens (tertiary/aromatic N) is 1. The zero-order chi connectivity index (χ0) is 25.2. The van der Waals surface area contributed by atoms with Crippen LogP contribution in [0.1, 0.15) is 38.3 Å². The largest absolute Gasteiger partial charge is 0.486 e. The van der Waals surface area contributed by atoms with E-state index in [-0.39, 0.29) is 11.9 Å². The second-order valence-electron chi connectivity index (χ2n) is 9.11. The van der Waals surface area contributed by atoms with Crippen LogP contribution in [0.2, 0.25) is 0 Å². The molecule has 5 rings (SSSR count). The van der Waals surface area contributed by atoms with Gasteiger partial charge in [0, 0.05) is 29.5 Å². The van der Waals surface area contributed by atoms with E-state index in [2.05, 4.69) is 15.5 Å². The summed E-state index contributed by atoms with van der Waals surface area (Å²) in [5, 5.41) is 6.29. The zero-order valence-corrected chi connectivity index (χ0v) is 20.5. The molecule has 36 heavy (non-hydrogen) atoms. The van der Waals surface area contributed by atoms with E-state index in [1.165, 1.54) is 0 Å². The second kappa shape index (κ2) is 9.91. The molecule has 2 heterocycles. The Morgan fingerprint density at radius 2 is 1.86 bits per heavy atom. The summed E-state index contributed by atoms with van der Waals surface area (Å²) in [6, 6.07) is 16.8. The molecule has 0 aliphatic carbocycles. The molecule has 1 unspecified atom stereocenters. The average molecular weight is 487 g/mol. The van der Waals surface area contributed by atoms with E-state index < -0.39 is 5.91 Å². The van der Waals surface area contributed by atoms with Crippen molar-refractivity contribution in [1.82, 2.24) is 5.32 Å². The number of hydrogen-bond acceptors (Lipinski definition) is 6. The van der Waals surface area contributed by atoms with Gasteiger partial charge in [-0.3, -0.25) is 9.59 Å². The molecule has 8 nitrogen and oxygen atoms in total. The van der Waals surface area contributed by atoms with Gasteiger partial charge in [0.25, 0.3) is 11.8 Å². The van der Waals surface area contributed by atoms with Crippen LogP contribution in [0.15, 0.2) is 54.6 Å². The van der Waals surface area contributed by atoms with Crippen molar-refractivity contribution in [2.24, 2.45) is 5.73 Å². The molecule has 2 aliphatic rings. The van der Waals surface area contributed by atoms with Gasteiger partial charge in [0.05, 0.1) is 11.3 Å². The number of ether oxygens (including phenoxy) is 2. The molecule has 0 radical (unpaired) electrons. The topological polar surface area (TPSA) is 106 Å². The third kappa shape index (κ3) is 4.47. The number of carbonyl (C=O) groups is 2. The molecule has 186 valence electrons. The molecule has 0 saturated heterocycles. The predicted molar refractivity (Wildman–Crippen MR) is 140 cm³/mol. The fourth-order valence-corrected chi connectivity index (χ4v) is 4.99. The van der Waals surface area contributed by atoms with Gasteiger partial charge < -0.3 is 30.7 Å². The van der Waals surface area contributed by atoms with Crippen molar-refractivity contribution in [1.29, 1.82) is 0 Å². The lowest BCUT2D eigenvalue weighted by molar-refractivity contribution is 0.0997. The van der Waals surface area contributed by atoms with Crippen LogP contribution >= 0.6 is 0 Å². The Morgan fingerprint density at radius 1 is 1.06 bits per heavy atom. The van der Waals surface area contributed by atoms with Crippen LogP contribution in [-0.4, -0.2) is 44.7 Å². The molecule has 0 aromatic heterocycles.